The minimum atomic E-state index is -0.709. The second kappa shape index (κ2) is 14.3. The standard InChI is InChI=1S/C39H45N9O6/c1-20(43-38(51)53-3)36(49)47-27-12-9-24(15-27)32(47)34-41-18-30(45-34)23-7-5-22(6-8-23)29-14-11-26(17-40-29)31-19-42-35(46-31)33-25-10-13-28(16-25)48(33)37(50)21(2)44-39(52)54-4/h5-8,11,14,17-21,24-25,27-28,32-33H,9-10,12-13,15-16H2,1-4H3,(H,41,45)(H,42,46)(H,43,51)(H,44,52)/t20-,21-,24+,25+,27+,28+,32-,33-/m0/s1. The van der Waals surface area contributed by atoms with Crippen molar-refractivity contribution in [2.75, 3.05) is 14.2 Å². The van der Waals surface area contributed by atoms with Crippen LogP contribution in [0.3, 0.4) is 0 Å². The molecule has 5 heterocycles. The summed E-state index contributed by atoms with van der Waals surface area (Å²) in [5, 5.41) is 5.22. The number of nitrogens with one attached hydrogen (secondary N) is 4. The van der Waals surface area contributed by atoms with Crippen LogP contribution < -0.4 is 10.6 Å². The Kier molecular flexibility index (Phi) is 9.32. The zero-order chi connectivity index (χ0) is 37.7. The molecule has 4 N–H and O–H groups in total. The van der Waals surface area contributed by atoms with Crippen molar-refractivity contribution in [3.05, 3.63) is 66.6 Å². The summed E-state index contributed by atoms with van der Waals surface area (Å²) >= 11 is 0. The lowest BCUT2D eigenvalue weighted by atomic mass is 9.97. The van der Waals surface area contributed by atoms with E-state index in [1.807, 2.05) is 58.6 Å². The highest BCUT2D eigenvalue weighted by Gasteiger charge is 2.52. The van der Waals surface area contributed by atoms with Crippen molar-refractivity contribution >= 4 is 24.0 Å². The van der Waals surface area contributed by atoms with Crippen LogP contribution in [0.4, 0.5) is 9.59 Å². The SMILES string of the molecule is COC(=O)N[C@@H](C)C(=O)N1[C@@H]2CC[C@H](C2)[C@H]1c1ncc(-c2ccc(-c3ccc(-c4cnc([C@@H]5[C@@H]6CC[C@H](C6)N5C(=O)[C@H](C)NC(=O)OC)[nH]4)cn3)cc2)[nH]1. The number of aromatic amines is 2. The molecule has 1 aromatic carbocycles. The summed E-state index contributed by atoms with van der Waals surface area (Å²) in [7, 11) is 2.56. The van der Waals surface area contributed by atoms with Gasteiger partial charge in [-0.3, -0.25) is 14.6 Å². The van der Waals surface area contributed by atoms with Gasteiger partial charge in [-0.15, -0.1) is 0 Å². The fourth-order valence-corrected chi connectivity index (χ4v) is 9.17. The Bertz CT molecular complexity index is 1900. The third kappa shape index (κ3) is 6.34. The van der Waals surface area contributed by atoms with Gasteiger partial charge < -0.3 is 39.9 Å². The summed E-state index contributed by atoms with van der Waals surface area (Å²) in [6.07, 6.45) is 9.97. The zero-order valence-electron chi connectivity index (χ0n) is 30.7. The Balaban J connectivity index is 0.941. The highest BCUT2D eigenvalue weighted by molar-refractivity contribution is 5.87. The van der Waals surface area contributed by atoms with Crippen LogP contribution in [0, 0.1) is 11.8 Å². The summed E-state index contributed by atoms with van der Waals surface area (Å²) in [4.78, 5) is 75.4. The van der Waals surface area contributed by atoms with Crippen molar-refractivity contribution in [3.63, 3.8) is 0 Å². The van der Waals surface area contributed by atoms with E-state index in [1.165, 1.54) is 14.2 Å². The quantitative estimate of drug-likeness (QED) is 0.181. The van der Waals surface area contributed by atoms with E-state index in [0.29, 0.717) is 11.8 Å². The van der Waals surface area contributed by atoms with E-state index >= 15 is 0 Å². The number of imidazole rings is 2. The van der Waals surface area contributed by atoms with Gasteiger partial charge in [0.15, 0.2) is 0 Å². The molecule has 8 rings (SSSR count). The number of alkyl carbamates (subject to hydrolysis) is 2. The van der Waals surface area contributed by atoms with Crippen molar-refractivity contribution < 1.29 is 28.7 Å². The summed E-state index contributed by atoms with van der Waals surface area (Å²) in [6, 6.07) is 10.6. The van der Waals surface area contributed by atoms with Gasteiger partial charge in [0.25, 0.3) is 0 Å². The number of hydrogen-bond donors (Lipinski definition) is 4. The minimum Gasteiger partial charge on any atom is -0.453 e. The number of piperidine rings is 2. The molecule has 2 aliphatic heterocycles. The Morgan fingerprint density at radius 3 is 1.57 bits per heavy atom. The second-order valence-corrected chi connectivity index (χ2v) is 14.9. The van der Waals surface area contributed by atoms with Crippen molar-refractivity contribution in [2.24, 2.45) is 11.8 Å². The van der Waals surface area contributed by atoms with Crippen molar-refractivity contribution in [1.82, 2.24) is 45.4 Å². The first-order valence-corrected chi connectivity index (χ1v) is 18.6. The maximum atomic E-state index is 13.5. The monoisotopic (exact) mass is 735 g/mol. The number of aromatic nitrogens is 5. The number of likely N-dealkylation sites (tertiary alicyclic amines) is 2. The maximum absolute atomic E-state index is 13.5. The highest BCUT2D eigenvalue weighted by Crippen LogP contribution is 2.51. The number of carbonyl (C=O) groups is 4. The van der Waals surface area contributed by atoms with Gasteiger partial charge in [0.1, 0.15) is 23.7 Å². The Morgan fingerprint density at radius 1 is 0.648 bits per heavy atom. The molecule has 3 aromatic heterocycles. The molecule has 2 aliphatic carbocycles. The smallest absolute Gasteiger partial charge is 0.407 e. The number of hydrogen-bond acceptors (Lipinski definition) is 9. The van der Waals surface area contributed by atoms with Gasteiger partial charge in [-0.2, -0.15) is 0 Å². The molecule has 4 aromatic rings. The molecule has 4 fully saturated rings. The van der Waals surface area contributed by atoms with Crippen molar-refractivity contribution in [1.29, 1.82) is 0 Å². The van der Waals surface area contributed by atoms with Crippen LogP contribution >= 0.6 is 0 Å². The van der Waals surface area contributed by atoms with E-state index in [9.17, 15) is 19.2 Å². The van der Waals surface area contributed by atoms with Crippen LogP contribution in [-0.4, -0.2) is 97.1 Å². The van der Waals surface area contributed by atoms with Crippen LogP contribution in [0.2, 0.25) is 0 Å². The van der Waals surface area contributed by atoms with Gasteiger partial charge in [-0.25, -0.2) is 19.6 Å². The number of fused-ring (bicyclic) bond motifs is 4. The van der Waals surface area contributed by atoms with Gasteiger partial charge in [0.05, 0.1) is 55.8 Å². The molecule has 0 unspecified atom stereocenters. The Hall–Kier alpha value is -5.73. The summed E-state index contributed by atoms with van der Waals surface area (Å²) in [5.41, 5.74) is 5.29. The van der Waals surface area contributed by atoms with Crippen molar-refractivity contribution in [3.8, 4) is 33.8 Å². The molecule has 2 saturated carbocycles. The molecule has 4 bridgehead atoms. The average Bonchev–Trinajstić information content (AvgIpc) is 4.06. The first kappa shape index (κ1) is 35.3. The summed E-state index contributed by atoms with van der Waals surface area (Å²) in [6.45, 7) is 3.36. The molecule has 2 saturated heterocycles. The third-order valence-corrected chi connectivity index (χ3v) is 11.8. The highest BCUT2D eigenvalue weighted by atomic mass is 16.5. The molecule has 0 spiro atoms. The fourth-order valence-electron chi connectivity index (χ4n) is 9.17. The van der Waals surface area contributed by atoms with Gasteiger partial charge in [0, 0.05) is 29.4 Å². The Labute approximate surface area is 312 Å². The molecule has 54 heavy (non-hydrogen) atoms. The second-order valence-electron chi connectivity index (χ2n) is 14.9. The van der Waals surface area contributed by atoms with E-state index in [-0.39, 0.29) is 36.0 Å². The lowest BCUT2D eigenvalue weighted by Crippen LogP contribution is -2.50. The number of pyridine rings is 1. The molecule has 0 radical (unpaired) electrons. The van der Waals surface area contributed by atoms with Crippen molar-refractivity contribution in [2.45, 2.75) is 88.6 Å². The summed E-state index contributed by atoms with van der Waals surface area (Å²) < 4.78 is 9.40. The van der Waals surface area contributed by atoms with Gasteiger partial charge in [-0.1, -0.05) is 24.3 Å². The lowest BCUT2D eigenvalue weighted by Gasteiger charge is -2.36. The van der Waals surface area contributed by atoms with E-state index in [0.717, 1.165) is 83.9 Å². The van der Waals surface area contributed by atoms with E-state index in [4.69, 9.17) is 24.4 Å². The maximum Gasteiger partial charge on any atom is 0.407 e. The minimum absolute atomic E-state index is 0.126. The molecule has 282 valence electrons. The average molecular weight is 736 g/mol. The number of methoxy groups -OCH3 is 2. The summed E-state index contributed by atoms with van der Waals surface area (Å²) in [5.74, 6) is 1.84. The van der Waals surface area contributed by atoms with Crippen LogP contribution in [-0.2, 0) is 19.1 Å². The van der Waals surface area contributed by atoms with Crippen LogP contribution in [0.1, 0.15) is 76.1 Å². The van der Waals surface area contributed by atoms with E-state index < -0.39 is 24.3 Å². The molecular formula is C39H45N9O6. The number of nitrogens with zero attached hydrogens (tertiary/aromatic N) is 5. The van der Waals surface area contributed by atoms with E-state index in [2.05, 4.69) is 20.6 Å². The topological polar surface area (TPSA) is 188 Å². The number of ether oxygens (including phenoxy) is 2. The predicted octanol–water partition coefficient (Wildman–Crippen LogP) is 5.12. The van der Waals surface area contributed by atoms with E-state index in [1.54, 1.807) is 20.0 Å². The van der Waals surface area contributed by atoms with Gasteiger partial charge in [-0.05, 0) is 81.9 Å². The first-order valence-electron chi connectivity index (χ1n) is 18.6. The molecule has 15 heteroatoms. The number of carbonyl (C=O) groups excluding carboxylic acids is 4. The molecule has 4 amide bonds. The molecule has 8 atom stereocenters. The molecular weight excluding hydrogens is 690 g/mol. The van der Waals surface area contributed by atoms with Gasteiger partial charge in [0.2, 0.25) is 11.8 Å². The molecule has 15 nitrogen and oxygen atoms in total. The number of benzene rings is 1. The Morgan fingerprint density at radius 2 is 1.11 bits per heavy atom. The van der Waals surface area contributed by atoms with Crippen LogP contribution in [0.15, 0.2) is 55.0 Å². The first-order chi connectivity index (χ1) is 26.1. The predicted molar refractivity (Wildman–Crippen MR) is 196 cm³/mol. The number of H-pyrrole nitrogens is 2. The lowest BCUT2D eigenvalue weighted by molar-refractivity contribution is -0.138. The number of rotatable bonds is 9. The largest absolute Gasteiger partial charge is 0.453 e. The third-order valence-electron chi connectivity index (χ3n) is 11.8. The normalized spacial score (nSPS) is 25.0. The van der Waals surface area contributed by atoms with Crippen LogP contribution in [0.5, 0.6) is 0 Å². The molecule has 4 aliphatic rings. The van der Waals surface area contributed by atoms with Crippen LogP contribution in [0.25, 0.3) is 33.8 Å². The van der Waals surface area contributed by atoms with Gasteiger partial charge >= 0.3 is 12.2 Å². The zero-order valence-corrected chi connectivity index (χ0v) is 30.7. The fraction of sp³-hybridized carbons (Fsp3) is 0.462. The number of amides is 4.